The van der Waals surface area contributed by atoms with Crippen LogP contribution in [0, 0.1) is 23.7 Å². The van der Waals surface area contributed by atoms with Gasteiger partial charge in [-0.3, -0.25) is 0 Å². The highest BCUT2D eigenvalue weighted by molar-refractivity contribution is 6.62. The first-order valence-corrected chi connectivity index (χ1v) is 10.6. The second-order valence-corrected chi connectivity index (χ2v) is 9.77. The molecule has 4 nitrogen and oxygen atoms in total. The predicted molar refractivity (Wildman–Crippen MR) is 80.9 cm³/mol. The smallest absolute Gasteiger partial charge is 0.374 e. The topological polar surface area (TPSA) is 40.2 Å². The SMILES string of the molecule is CCO[Si](OCC)(OCC)C1CCC2C3CC(C4OC34)C21. The summed E-state index contributed by atoms with van der Waals surface area (Å²) in [4.78, 5) is 0. The average Bonchev–Trinajstić information content (AvgIpc) is 2.86. The van der Waals surface area contributed by atoms with Gasteiger partial charge in [-0.1, -0.05) is 0 Å². The monoisotopic (exact) mass is 312 g/mol. The molecule has 3 aliphatic carbocycles. The third-order valence-electron chi connectivity index (χ3n) is 6.25. The minimum absolute atomic E-state index is 0.502. The van der Waals surface area contributed by atoms with Gasteiger partial charge in [-0.25, -0.2) is 0 Å². The highest BCUT2D eigenvalue weighted by Crippen LogP contribution is 2.69. The lowest BCUT2D eigenvalue weighted by Gasteiger charge is -2.38. The van der Waals surface area contributed by atoms with E-state index < -0.39 is 8.80 Å². The Morgan fingerprint density at radius 3 is 2.10 bits per heavy atom. The van der Waals surface area contributed by atoms with Gasteiger partial charge in [0.15, 0.2) is 0 Å². The molecule has 0 N–H and O–H groups in total. The molecule has 1 aliphatic heterocycles. The molecule has 2 bridgehead atoms. The highest BCUT2D eigenvalue weighted by atomic mass is 28.4. The van der Waals surface area contributed by atoms with E-state index in [-0.39, 0.29) is 0 Å². The predicted octanol–water partition coefficient (Wildman–Crippen LogP) is 2.85. The molecule has 0 radical (unpaired) electrons. The Morgan fingerprint density at radius 2 is 1.48 bits per heavy atom. The third-order valence-corrected chi connectivity index (χ3v) is 9.91. The maximum absolute atomic E-state index is 6.21. The van der Waals surface area contributed by atoms with Crippen LogP contribution in [0.3, 0.4) is 0 Å². The van der Waals surface area contributed by atoms with Crippen molar-refractivity contribution in [3.63, 3.8) is 0 Å². The molecule has 4 rings (SSSR count). The molecule has 1 heterocycles. The minimum Gasteiger partial charge on any atom is -0.374 e. The maximum atomic E-state index is 6.21. The van der Waals surface area contributed by atoms with Crippen molar-refractivity contribution in [1.82, 2.24) is 0 Å². The molecular formula is C16H28O4Si. The van der Waals surface area contributed by atoms with Crippen molar-refractivity contribution in [3.8, 4) is 0 Å². The van der Waals surface area contributed by atoms with Crippen LogP contribution < -0.4 is 0 Å². The van der Waals surface area contributed by atoms with E-state index in [0.717, 1.165) is 23.7 Å². The van der Waals surface area contributed by atoms with Crippen LogP contribution in [0.2, 0.25) is 5.54 Å². The fraction of sp³-hybridized carbons (Fsp3) is 1.00. The van der Waals surface area contributed by atoms with Crippen molar-refractivity contribution in [2.75, 3.05) is 19.8 Å². The van der Waals surface area contributed by atoms with E-state index in [1.54, 1.807) is 0 Å². The summed E-state index contributed by atoms with van der Waals surface area (Å²) in [5.41, 5.74) is 0.502. The van der Waals surface area contributed by atoms with E-state index in [1.165, 1.54) is 19.3 Å². The van der Waals surface area contributed by atoms with Crippen LogP contribution in [0.5, 0.6) is 0 Å². The molecule has 5 heteroatoms. The standard InChI is InChI=1S/C16H28O4Si/c1-4-17-21(18-5-2,19-6-3)13-8-7-10-11-9-12(14(10)13)16-15(11)20-16/h10-16H,4-9H2,1-3H3. The zero-order chi connectivity index (χ0) is 14.6. The molecule has 1 saturated heterocycles. The van der Waals surface area contributed by atoms with Crippen molar-refractivity contribution < 1.29 is 18.0 Å². The summed E-state index contributed by atoms with van der Waals surface area (Å²) in [5.74, 6) is 3.16. The first kappa shape index (κ1) is 14.6. The summed E-state index contributed by atoms with van der Waals surface area (Å²) in [6, 6.07) is 0. The van der Waals surface area contributed by atoms with Crippen LogP contribution in [-0.2, 0) is 18.0 Å². The minimum atomic E-state index is -2.55. The Labute approximate surface area is 128 Å². The Bertz CT molecular complexity index is 385. The largest absolute Gasteiger partial charge is 0.504 e. The zero-order valence-corrected chi connectivity index (χ0v) is 14.4. The highest BCUT2D eigenvalue weighted by Gasteiger charge is 2.72. The fourth-order valence-corrected chi connectivity index (χ4v) is 9.42. The Morgan fingerprint density at radius 1 is 0.857 bits per heavy atom. The van der Waals surface area contributed by atoms with E-state index in [4.69, 9.17) is 18.0 Å². The van der Waals surface area contributed by atoms with Crippen molar-refractivity contribution in [3.05, 3.63) is 0 Å². The lowest BCUT2D eigenvalue weighted by Crippen LogP contribution is -2.52. The Balaban J connectivity index is 1.60. The Kier molecular flexibility index (Phi) is 3.70. The van der Waals surface area contributed by atoms with Crippen LogP contribution in [0.25, 0.3) is 0 Å². The van der Waals surface area contributed by atoms with Crippen LogP contribution in [0.4, 0.5) is 0 Å². The van der Waals surface area contributed by atoms with Gasteiger partial charge in [-0.2, -0.15) is 0 Å². The van der Waals surface area contributed by atoms with Crippen molar-refractivity contribution in [2.45, 2.75) is 57.8 Å². The summed E-state index contributed by atoms with van der Waals surface area (Å²) < 4.78 is 24.5. The van der Waals surface area contributed by atoms with Gasteiger partial charge >= 0.3 is 8.80 Å². The van der Waals surface area contributed by atoms with Gasteiger partial charge in [0.1, 0.15) is 0 Å². The van der Waals surface area contributed by atoms with Gasteiger partial charge in [0.2, 0.25) is 0 Å². The van der Waals surface area contributed by atoms with Gasteiger partial charge in [0.05, 0.1) is 12.2 Å². The number of fused-ring (bicyclic) bond motifs is 8. The van der Waals surface area contributed by atoms with Crippen molar-refractivity contribution in [1.29, 1.82) is 0 Å². The number of epoxide rings is 1. The van der Waals surface area contributed by atoms with Crippen molar-refractivity contribution in [2.24, 2.45) is 23.7 Å². The number of hydrogen-bond acceptors (Lipinski definition) is 4. The second kappa shape index (κ2) is 5.30. The molecule has 21 heavy (non-hydrogen) atoms. The van der Waals surface area contributed by atoms with Gasteiger partial charge < -0.3 is 18.0 Å². The quantitative estimate of drug-likeness (QED) is 0.535. The molecule has 0 spiro atoms. The summed E-state index contributed by atoms with van der Waals surface area (Å²) in [6.45, 7) is 8.26. The fourth-order valence-electron chi connectivity index (χ4n) is 5.84. The molecule has 0 aromatic carbocycles. The van der Waals surface area contributed by atoms with Crippen LogP contribution in [0.15, 0.2) is 0 Å². The summed E-state index contributed by atoms with van der Waals surface area (Å²) in [6.07, 6.45) is 5.11. The molecule has 120 valence electrons. The van der Waals surface area contributed by atoms with Gasteiger partial charge in [-0.15, -0.1) is 0 Å². The Hall–Kier alpha value is 0.0569. The summed E-state index contributed by atoms with van der Waals surface area (Å²) in [5, 5.41) is 0. The van der Waals surface area contributed by atoms with E-state index >= 15 is 0 Å². The first-order chi connectivity index (χ1) is 10.3. The van der Waals surface area contributed by atoms with E-state index in [1.807, 2.05) is 0 Å². The average molecular weight is 312 g/mol. The van der Waals surface area contributed by atoms with Gasteiger partial charge in [-0.05, 0) is 63.7 Å². The van der Waals surface area contributed by atoms with E-state index in [2.05, 4.69) is 20.8 Å². The lowest BCUT2D eigenvalue weighted by atomic mass is 9.82. The van der Waals surface area contributed by atoms with Crippen LogP contribution in [0.1, 0.15) is 40.0 Å². The van der Waals surface area contributed by atoms with Crippen molar-refractivity contribution >= 4 is 8.80 Å². The molecular weight excluding hydrogens is 284 g/mol. The first-order valence-electron chi connectivity index (χ1n) is 8.83. The van der Waals surface area contributed by atoms with Crippen LogP contribution >= 0.6 is 0 Å². The van der Waals surface area contributed by atoms with E-state index in [9.17, 15) is 0 Å². The number of ether oxygens (including phenoxy) is 1. The summed E-state index contributed by atoms with van der Waals surface area (Å²) >= 11 is 0. The summed E-state index contributed by atoms with van der Waals surface area (Å²) in [7, 11) is -2.55. The molecule has 7 unspecified atom stereocenters. The molecule has 0 aromatic heterocycles. The molecule has 4 fully saturated rings. The third kappa shape index (κ3) is 2.01. The van der Waals surface area contributed by atoms with Gasteiger partial charge in [0.25, 0.3) is 0 Å². The normalized spacial score (nSPS) is 46.7. The second-order valence-electron chi connectivity index (χ2n) is 6.96. The lowest BCUT2D eigenvalue weighted by molar-refractivity contribution is 0.0510. The molecule has 3 saturated carbocycles. The molecule has 0 amide bonds. The number of hydrogen-bond donors (Lipinski definition) is 0. The number of rotatable bonds is 7. The zero-order valence-electron chi connectivity index (χ0n) is 13.4. The molecule has 4 aliphatic rings. The van der Waals surface area contributed by atoms with Crippen LogP contribution in [-0.4, -0.2) is 40.8 Å². The van der Waals surface area contributed by atoms with Gasteiger partial charge in [0, 0.05) is 25.4 Å². The molecule has 7 atom stereocenters. The molecule has 0 aromatic rings. The maximum Gasteiger partial charge on any atom is 0.504 e. The van der Waals surface area contributed by atoms with E-state index in [0.29, 0.717) is 37.6 Å².